The first-order valence-corrected chi connectivity index (χ1v) is 8.44. The third kappa shape index (κ3) is 6.29. The van der Waals surface area contributed by atoms with Crippen molar-refractivity contribution in [2.45, 2.75) is 13.1 Å². The van der Waals surface area contributed by atoms with Crippen LogP contribution >= 0.6 is 24.0 Å². The highest BCUT2D eigenvalue weighted by atomic mass is 127. The van der Waals surface area contributed by atoms with Gasteiger partial charge in [-0.25, -0.2) is 4.79 Å². The number of carbonyl (C=O) groups is 1. The number of methoxy groups -OCH3 is 3. The van der Waals surface area contributed by atoms with Crippen molar-refractivity contribution in [2.24, 2.45) is 4.99 Å². The van der Waals surface area contributed by atoms with Gasteiger partial charge in [-0.3, -0.25) is 4.99 Å². The van der Waals surface area contributed by atoms with E-state index in [1.54, 1.807) is 26.3 Å². The van der Waals surface area contributed by atoms with Crippen molar-refractivity contribution in [3.05, 3.63) is 59.2 Å². The van der Waals surface area contributed by atoms with Gasteiger partial charge in [0.25, 0.3) is 0 Å². The van der Waals surface area contributed by atoms with E-state index in [1.165, 1.54) is 14.2 Å². The van der Waals surface area contributed by atoms with Gasteiger partial charge < -0.3 is 24.8 Å². The van der Waals surface area contributed by atoms with Gasteiger partial charge in [-0.1, -0.05) is 24.3 Å². The molecule has 2 N–H and O–H groups in total. The summed E-state index contributed by atoms with van der Waals surface area (Å²) < 4.78 is 15.4. The molecule has 8 heteroatoms. The number of rotatable bonds is 7. The molecule has 0 heterocycles. The number of nitrogens with zero attached hydrogens (tertiary/aromatic N) is 1. The molecule has 0 spiro atoms. The van der Waals surface area contributed by atoms with Gasteiger partial charge >= 0.3 is 5.97 Å². The van der Waals surface area contributed by atoms with Crippen molar-refractivity contribution < 1.29 is 19.0 Å². The lowest BCUT2D eigenvalue weighted by Crippen LogP contribution is -2.36. The van der Waals surface area contributed by atoms with Gasteiger partial charge in [-0.2, -0.15) is 0 Å². The van der Waals surface area contributed by atoms with Crippen molar-refractivity contribution in [2.75, 3.05) is 28.4 Å². The van der Waals surface area contributed by atoms with Gasteiger partial charge in [0.05, 0.1) is 21.3 Å². The summed E-state index contributed by atoms with van der Waals surface area (Å²) >= 11 is 0. The summed E-state index contributed by atoms with van der Waals surface area (Å²) in [5, 5.41) is 6.46. The number of halogens is 1. The topological polar surface area (TPSA) is 81.2 Å². The lowest BCUT2D eigenvalue weighted by molar-refractivity contribution is 0.0597. The molecule has 0 aliphatic carbocycles. The molecule has 2 aromatic rings. The molecule has 0 bridgehead atoms. The van der Waals surface area contributed by atoms with E-state index in [9.17, 15) is 4.79 Å². The second-order valence-corrected chi connectivity index (χ2v) is 5.62. The number of benzene rings is 2. The number of aliphatic imine (C=N–C) groups is 1. The molecular weight excluding hydrogens is 473 g/mol. The normalized spacial score (nSPS) is 10.5. The number of hydrogen-bond donors (Lipinski definition) is 2. The Balaban J connectivity index is 0.00000392. The van der Waals surface area contributed by atoms with Crippen molar-refractivity contribution >= 4 is 35.9 Å². The van der Waals surface area contributed by atoms with E-state index in [1.807, 2.05) is 30.3 Å². The van der Waals surface area contributed by atoms with Crippen LogP contribution < -0.4 is 20.1 Å². The van der Waals surface area contributed by atoms with Gasteiger partial charge in [0.1, 0.15) is 17.1 Å². The molecule has 0 saturated heterocycles. The quantitative estimate of drug-likeness (QED) is 0.264. The van der Waals surface area contributed by atoms with Crippen LogP contribution in [-0.2, 0) is 17.8 Å². The van der Waals surface area contributed by atoms with E-state index in [4.69, 9.17) is 14.2 Å². The van der Waals surface area contributed by atoms with Crippen LogP contribution in [0.2, 0.25) is 0 Å². The molecule has 0 aliphatic heterocycles. The Morgan fingerprint density at radius 1 is 0.964 bits per heavy atom. The fourth-order valence-electron chi connectivity index (χ4n) is 2.57. The van der Waals surface area contributed by atoms with E-state index in [0.717, 1.165) is 16.9 Å². The molecule has 2 rings (SSSR count). The molecule has 0 atom stereocenters. The predicted octanol–water partition coefficient (Wildman–Crippen LogP) is 2.97. The summed E-state index contributed by atoms with van der Waals surface area (Å²) in [5.74, 6) is 1.49. The first-order valence-electron chi connectivity index (χ1n) is 8.44. The lowest BCUT2D eigenvalue weighted by Gasteiger charge is -2.14. The first kappa shape index (κ1) is 23.5. The van der Waals surface area contributed by atoms with Crippen LogP contribution in [0, 0.1) is 0 Å². The molecule has 0 fully saturated rings. The Morgan fingerprint density at radius 3 is 2.29 bits per heavy atom. The minimum atomic E-state index is -0.438. The molecule has 2 aromatic carbocycles. The standard InChI is InChI=1S/C20H25N3O4.HI/c1-21-20(23-13-15-7-5-6-8-17(15)25-2)22-12-14-9-10-18(26-3)16(11-14)19(24)27-4;/h5-11H,12-13H2,1-4H3,(H2,21,22,23);1H. The smallest absolute Gasteiger partial charge is 0.341 e. The highest BCUT2D eigenvalue weighted by Crippen LogP contribution is 2.21. The second-order valence-electron chi connectivity index (χ2n) is 5.62. The third-order valence-corrected chi connectivity index (χ3v) is 3.99. The molecule has 0 amide bonds. The Bertz CT molecular complexity index is 812. The summed E-state index contributed by atoms with van der Waals surface area (Å²) in [4.78, 5) is 16.1. The largest absolute Gasteiger partial charge is 0.496 e. The molecule has 152 valence electrons. The maximum absolute atomic E-state index is 11.9. The van der Waals surface area contributed by atoms with Gasteiger partial charge in [-0.15, -0.1) is 24.0 Å². The Morgan fingerprint density at radius 2 is 1.64 bits per heavy atom. The number of hydrogen-bond acceptors (Lipinski definition) is 5. The fourth-order valence-corrected chi connectivity index (χ4v) is 2.57. The summed E-state index contributed by atoms with van der Waals surface area (Å²) in [5.41, 5.74) is 2.31. The molecule has 0 unspecified atom stereocenters. The van der Waals surface area contributed by atoms with Crippen molar-refractivity contribution in [3.8, 4) is 11.5 Å². The maximum atomic E-state index is 11.9. The number of para-hydroxylation sites is 1. The van der Waals surface area contributed by atoms with Crippen LogP contribution in [0.15, 0.2) is 47.5 Å². The van der Waals surface area contributed by atoms with Gasteiger partial charge in [0.2, 0.25) is 0 Å². The highest BCUT2D eigenvalue weighted by Gasteiger charge is 2.13. The maximum Gasteiger partial charge on any atom is 0.341 e. The molecular formula is C20H26IN3O4. The van der Waals surface area contributed by atoms with Gasteiger partial charge in [0, 0.05) is 25.7 Å². The third-order valence-electron chi connectivity index (χ3n) is 3.99. The number of guanidine groups is 1. The van der Waals surface area contributed by atoms with Crippen molar-refractivity contribution in [1.29, 1.82) is 0 Å². The van der Waals surface area contributed by atoms with Crippen molar-refractivity contribution in [1.82, 2.24) is 10.6 Å². The minimum absolute atomic E-state index is 0. The average Bonchev–Trinajstić information content (AvgIpc) is 2.73. The summed E-state index contributed by atoms with van der Waals surface area (Å²) in [7, 11) is 6.21. The van der Waals surface area contributed by atoms with E-state index >= 15 is 0 Å². The summed E-state index contributed by atoms with van der Waals surface area (Å²) in [6.45, 7) is 1.05. The minimum Gasteiger partial charge on any atom is -0.496 e. The Kier molecular flexibility index (Phi) is 10.1. The fraction of sp³-hybridized carbons (Fsp3) is 0.300. The van der Waals surface area contributed by atoms with E-state index in [2.05, 4.69) is 15.6 Å². The van der Waals surface area contributed by atoms with E-state index in [-0.39, 0.29) is 24.0 Å². The number of nitrogens with one attached hydrogen (secondary N) is 2. The van der Waals surface area contributed by atoms with Crippen LogP contribution in [0.25, 0.3) is 0 Å². The predicted molar refractivity (Wildman–Crippen MR) is 120 cm³/mol. The number of carbonyl (C=O) groups excluding carboxylic acids is 1. The molecule has 0 aliphatic rings. The van der Waals surface area contributed by atoms with Crippen LogP contribution in [0.1, 0.15) is 21.5 Å². The van der Waals surface area contributed by atoms with E-state index < -0.39 is 5.97 Å². The summed E-state index contributed by atoms with van der Waals surface area (Å²) in [6, 6.07) is 13.2. The molecule has 28 heavy (non-hydrogen) atoms. The first-order chi connectivity index (χ1) is 13.1. The lowest BCUT2D eigenvalue weighted by atomic mass is 10.1. The Hall–Kier alpha value is -2.49. The molecule has 7 nitrogen and oxygen atoms in total. The van der Waals surface area contributed by atoms with Crippen LogP contribution in [0.3, 0.4) is 0 Å². The average molecular weight is 499 g/mol. The van der Waals surface area contributed by atoms with Gasteiger partial charge in [0.15, 0.2) is 5.96 Å². The van der Waals surface area contributed by atoms with Crippen LogP contribution in [-0.4, -0.2) is 40.3 Å². The monoisotopic (exact) mass is 499 g/mol. The second kappa shape index (κ2) is 12.1. The number of ether oxygens (including phenoxy) is 3. The van der Waals surface area contributed by atoms with E-state index in [0.29, 0.717) is 30.4 Å². The zero-order valence-corrected chi connectivity index (χ0v) is 18.8. The number of esters is 1. The summed E-state index contributed by atoms with van der Waals surface area (Å²) in [6.07, 6.45) is 0. The zero-order valence-electron chi connectivity index (χ0n) is 16.4. The zero-order chi connectivity index (χ0) is 19.6. The van der Waals surface area contributed by atoms with Crippen LogP contribution in [0.4, 0.5) is 0 Å². The van der Waals surface area contributed by atoms with Crippen LogP contribution in [0.5, 0.6) is 11.5 Å². The molecule has 0 aromatic heterocycles. The Labute approximate surface area is 182 Å². The molecule has 0 radical (unpaired) electrons. The highest BCUT2D eigenvalue weighted by molar-refractivity contribution is 14.0. The van der Waals surface area contributed by atoms with Crippen molar-refractivity contribution in [3.63, 3.8) is 0 Å². The SMILES string of the molecule is CN=C(NCc1ccc(OC)c(C(=O)OC)c1)NCc1ccccc1OC.I. The van der Waals surface area contributed by atoms with Gasteiger partial charge in [-0.05, 0) is 23.8 Å². The molecule has 0 saturated carbocycles.